The second-order valence-electron chi connectivity index (χ2n) is 7.76. The fraction of sp³-hybridized carbons (Fsp3) is 0.842. The molecule has 0 aromatic heterocycles. The molecule has 8 heteroatoms. The van der Waals surface area contributed by atoms with Gasteiger partial charge < -0.3 is 19.9 Å². The molecule has 1 aliphatic rings. The third-order valence-corrected chi connectivity index (χ3v) is 4.44. The van der Waals surface area contributed by atoms with Crippen molar-refractivity contribution < 1.29 is 19.1 Å². The first-order valence-electron chi connectivity index (χ1n) is 9.91. The Morgan fingerprint density at radius 1 is 1.04 bits per heavy atom. The van der Waals surface area contributed by atoms with Crippen LogP contribution in [0.1, 0.15) is 47.5 Å². The van der Waals surface area contributed by atoms with Crippen LogP contribution < -0.4 is 5.32 Å². The van der Waals surface area contributed by atoms with Crippen molar-refractivity contribution in [2.24, 2.45) is 0 Å². The highest BCUT2D eigenvalue weighted by molar-refractivity contribution is 5.78. The summed E-state index contributed by atoms with van der Waals surface area (Å²) in [7, 11) is 0. The number of carbonyl (C=O) groups excluding carboxylic acids is 3. The standard InChI is InChI=1S/C19H36N4O4/c1-6-22(7-2)17(25)15-21-11-13-23(14-12-21)16(24)9-8-10-20-18(26)27-19(3,4)5/h6-15H2,1-5H3,(H,20,26). The molecule has 0 saturated carbocycles. The maximum Gasteiger partial charge on any atom is 0.407 e. The number of hydrogen-bond donors (Lipinski definition) is 1. The normalized spacial score (nSPS) is 15.4. The minimum Gasteiger partial charge on any atom is -0.444 e. The molecule has 0 unspecified atom stereocenters. The zero-order valence-electron chi connectivity index (χ0n) is 17.5. The molecule has 0 spiro atoms. The zero-order chi connectivity index (χ0) is 20.4. The van der Waals surface area contributed by atoms with Gasteiger partial charge in [0.25, 0.3) is 0 Å². The molecule has 1 rings (SSSR count). The van der Waals surface area contributed by atoms with Crippen molar-refractivity contribution in [3.63, 3.8) is 0 Å². The highest BCUT2D eigenvalue weighted by Crippen LogP contribution is 2.07. The summed E-state index contributed by atoms with van der Waals surface area (Å²) < 4.78 is 5.16. The van der Waals surface area contributed by atoms with E-state index in [1.807, 2.05) is 44.4 Å². The fourth-order valence-electron chi connectivity index (χ4n) is 2.93. The molecule has 0 bridgehead atoms. The van der Waals surface area contributed by atoms with E-state index in [9.17, 15) is 14.4 Å². The Kier molecular flexibility index (Phi) is 9.55. The van der Waals surface area contributed by atoms with Gasteiger partial charge in [-0.2, -0.15) is 0 Å². The van der Waals surface area contributed by atoms with E-state index in [1.54, 1.807) is 0 Å². The van der Waals surface area contributed by atoms with Crippen molar-refractivity contribution in [1.82, 2.24) is 20.0 Å². The van der Waals surface area contributed by atoms with Gasteiger partial charge in [0.15, 0.2) is 0 Å². The van der Waals surface area contributed by atoms with E-state index in [4.69, 9.17) is 4.74 Å². The number of nitrogens with one attached hydrogen (secondary N) is 1. The van der Waals surface area contributed by atoms with Crippen molar-refractivity contribution in [1.29, 1.82) is 0 Å². The Hall–Kier alpha value is -1.83. The first-order valence-corrected chi connectivity index (χ1v) is 9.91. The molecule has 1 fully saturated rings. The second kappa shape index (κ2) is 11.1. The Balaban J connectivity index is 2.22. The van der Waals surface area contributed by atoms with E-state index in [2.05, 4.69) is 10.2 Å². The van der Waals surface area contributed by atoms with Crippen molar-refractivity contribution in [3.8, 4) is 0 Å². The first-order chi connectivity index (χ1) is 12.7. The summed E-state index contributed by atoms with van der Waals surface area (Å²) in [6, 6.07) is 0. The number of nitrogens with zero attached hydrogens (tertiary/aromatic N) is 3. The lowest BCUT2D eigenvalue weighted by atomic mass is 10.2. The Morgan fingerprint density at radius 2 is 1.63 bits per heavy atom. The van der Waals surface area contributed by atoms with Crippen LogP contribution in [0.5, 0.6) is 0 Å². The molecule has 1 saturated heterocycles. The van der Waals surface area contributed by atoms with Crippen LogP contribution in [0.3, 0.4) is 0 Å². The summed E-state index contributed by atoms with van der Waals surface area (Å²) in [5.74, 6) is 0.240. The van der Waals surface area contributed by atoms with Crippen molar-refractivity contribution in [3.05, 3.63) is 0 Å². The molecule has 27 heavy (non-hydrogen) atoms. The lowest BCUT2D eigenvalue weighted by molar-refractivity contribution is -0.135. The van der Waals surface area contributed by atoms with E-state index in [1.165, 1.54) is 0 Å². The van der Waals surface area contributed by atoms with Crippen LogP contribution in [0.4, 0.5) is 4.79 Å². The summed E-state index contributed by atoms with van der Waals surface area (Å²) in [5, 5.41) is 2.67. The van der Waals surface area contributed by atoms with Gasteiger partial charge in [0, 0.05) is 52.2 Å². The van der Waals surface area contributed by atoms with Crippen LogP contribution in [-0.2, 0) is 14.3 Å². The van der Waals surface area contributed by atoms with Gasteiger partial charge >= 0.3 is 6.09 Å². The highest BCUT2D eigenvalue weighted by Gasteiger charge is 2.23. The molecule has 0 aromatic rings. The molecule has 1 N–H and O–H groups in total. The fourth-order valence-corrected chi connectivity index (χ4v) is 2.93. The molecule has 0 aliphatic carbocycles. The molecular weight excluding hydrogens is 348 g/mol. The van der Waals surface area contributed by atoms with Gasteiger partial charge in [-0.1, -0.05) is 0 Å². The topological polar surface area (TPSA) is 82.2 Å². The second-order valence-corrected chi connectivity index (χ2v) is 7.76. The number of piperazine rings is 1. The van der Waals surface area contributed by atoms with Crippen LogP contribution >= 0.6 is 0 Å². The Labute approximate surface area is 163 Å². The van der Waals surface area contributed by atoms with Crippen LogP contribution in [0.15, 0.2) is 0 Å². The summed E-state index contributed by atoms with van der Waals surface area (Å²) in [6.07, 6.45) is 0.522. The number of rotatable bonds is 8. The first kappa shape index (κ1) is 23.2. The lowest BCUT2D eigenvalue weighted by Crippen LogP contribution is -2.51. The zero-order valence-corrected chi connectivity index (χ0v) is 17.5. The minimum atomic E-state index is -0.522. The molecule has 8 nitrogen and oxygen atoms in total. The van der Waals surface area contributed by atoms with Crippen LogP contribution in [0, 0.1) is 0 Å². The van der Waals surface area contributed by atoms with Gasteiger partial charge in [-0.25, -0.2) is 4.79 Å². The largest absolute Gasteiger partial charge is 0.444 e. The smallest absolute Gasteiger partial charge is 0.407 e. The predicted molar refractivity (Wildman–Crippen MR) is 104 cm³/mol. The van der Waals surface area contributed by atoms with Gasteiger partial charge in [0.05, 0.1) is 6.54 Å². The van der Waals surface area contributed by atoms with E-state index in [0.29, 0.717) is 39.0 Å². The molecule has 0 aromatic carbocycles. The van der Waals surface area contributed by atoms with Gasteiger partial charge in [-0.05, 0) is 41.0 Å². The van der Waals surface area contributed by atoms with Crippen LogP contribution in [0.2, 0.25) is 0 Å². The van der Waals surface area contributed by atoms with Crippen LogP contribution in [-0.4, -0.2) is 90.6 Å². The summed E-state index contributed by atoms with van der Waals surface area (Å²) >= 11 is 0. The lowest BCUT2D eigenvalue weighted by Gasteiger charge is -2.35. The van der Waals surface area contributed by atoms with Gasteiger partial charge in [-0.15, -0.1) is 0 Å². The molecular formula is C19H36N4O4. The van der Waals surface area contributed by atoms with E-state index < -0.39 is 11.7 Å². The van der Waals surface area contributed by atoms with E-state index in [-0.39, 0.29) is 11.8 Å². The van der Waals surface area contributed by atoms with Gasteiger partial charge in [0.1, 0.15) is 5.60 Å². The van der Waals surface area contributed by atoms with Gasteiger partial charge in [0.2, 0.25) is 11.8 Å². The summed E-state index contributed by atoms with van der Waals surface area (Å²) in [5.41, 5.74) is -0.522. The third-order valence-electron chi connectivity index (χ3n) is 4.44. The molecule has 0 atom stereocenters. The molecule has 3 amide bonds. The number of hydrogen-bond acceptors (Lipinski definition) is 5. The van der Waals surface area contributed by atoms with E-state index in [0.717, 1.165) is 26.2 Å². The Bertz CT molecular complexity index is 492. The quantitative estimate of drug-likeness (QED) is 0.638. The monoisotopic (exact) mass is 384 g/mol. The molecule has 1 aliphatic heterocycles. The number of likely N-dealkylation sites (N-methyl/N-ethyl adjacent to an activating group) is 1. The maximum absolute atomic E-state index is 12.3. The van der Waals surface area contributed by atoms with E-state index >= 15 is 0 Å². The maximum atomic E-state index is 12.3. The summed E-state index contributed by atoms with van der Waals surface area (Å²) in [4.78, 5) is 41.8. The number of carbonyl (C=O) groups is 3. The van der Waals surface area contributed by atoms with Crippen LogP contribution in [0.25, 0.3) is 0 Å². The number of alkyl carbamates (subject to hydrolysis) is 1. The average molecular weight is 385 g/mol. The van der Waals surface area contributed by atoms with Crippen molar-refractivity contribution in [2.75, 3.05) is 52.4 Å². The molecule has 1 heterocycles. The number of amides is 3. The van der Waals surface area contributed by atoms with Crippen molar-refractivity contribution >= 4 is 17.9 Å². The summed E-state index contributed by atoms with van der Waals surface area (Å²) in [6.45, 7) is 14.4. The average Bonchev–Trinajstić information content (AvgIpc) is 2.58. The highest BCUT2D eigenvalue weighted by atomic mass is 16.6. The predicted octanol–water partition coefficient (Wildman–Crippen LogP) is 1.30. The SMILES string of the molecule is CCN(CC)C(=O)CN1CCN(C(=O)CCCNC(=O)OC(C)(C)C)CC1. The van der Waals surface area contributed by atoms with Crippen molar-refractivity contribution in [2.45, 2.75) is 53.1 Å². The molecule has 156 valence electrons. The third kappa shape index (κ3) is 9.08. The minimum absolute atomic E-state index is 0.0932. The molecule has 0 radical (unpaired) electrons. The van der Waals surface area contributed by atoms with Gasteiger partial charge in [-0.3, -0.25) is 14.5 Å². The Morgan fingerprint density at radius 3 is 2.15 bits per heavy atom. The number of ether oxygens (including phenoxy) is 1.